The van der Waals surface area contributed by atoms with Crippen LogP contribution in [-0.2, 0) is 6.54 Å². The lowest BCUT2D eigenvalue weighted by Gasteiger charge is -2.41. The van der Waals surface area contributed by atoms with Crippen molar-refractivity contribution < 1.29 is 9.90 Å². The molecule has 134 valence electrons. The van der Waals surface area contributed by atoms with Crippen LogP contribution in [0.15, 0.2) is 17.0 Å². The molecule has 0 radical (unpaired) electrons. The summed E-state index contributed by atoms with van der Waals surface area (Å²) in [6.07, 6.45) is 4.87. The van der Waals surface area contributed by atoms with E-state index in [2.05, 4.69) is 24.9 Å². The summed E-state index contributed by atoms with van der Waals surface area (Å²) >= 11 is 1.53. The van der Waals surface area contributed by atoms with Gasteiger partial charge < -0.3 is 14.9 Å². The summed E-state index contributed by atoms with van der Waals surface area (Å²) in [4.78, 5) is 21.2. The molecule has 1 fully saturated rings. The van der Waals surface area contributed by atoms with Gasteiger partial charge in [-0.1, -0.05) is 11.6 Å². The molecule has 0 aliphatic carbocycles. The number of rotatable bonds is 6. The van der Waals surface area contributed by atoms with Crippen LogP contribution < -0.4 is 0 Å². The molecule has 2 rings (SSSR count). The number of allylic oxidation sites excluding steroid dienone is 2. The molecule has 1 aliphatic heterocycles. The van der Waals surface area contributed by atoms with Crippen LogP contribution in [0, 0.1) is 5.41 Å². The number of amides is 1. The van der Waals surface area contributed by atoms with Crippen LogP contribution >= 0.6 is 11.3 Å². The standard InChI is InChI=1S/C18H29N3O2S/c1-14(2)6-8-18(13-22)7-5-9-21(12-18)17(23)15-11-24-16(19-15)10-20(3)4/h6,11,22H,5,7-10,12-13H2,1-4H3. The molecule has 1 aromatic rings. The Labute approximate surface area is 149 Å². The lowest BCUT2D eigenvalue weighted by Crippen LogP contribution is -2.47. The zero-order valence-electron chi connectivity index (χ0n) is 15.2. The van der Waals surface area contributed by atoms with E-state index in [4.69, 9.17) is 0 Å². The van der Waals surface area contributed by atoms with Crippen molar-refractivity contribution >= 4 is 17.2 Å². The molecule has 1 aliphatic rings. The highest BCUT2D eigenvalue weighted by molar-refractivity contribution is 7.09. The summed E-state index contributed by atoms with van der Waals surface area (Å²) in [6.45, 7) is 6.35. The first-order valence-corrected chi connectivity index (χ1v) is 9.36. The molecule has 1 aromatic heterocycles. The summed E-state index contributed by atoms with van der Waals surface area (Å²) in [5, 5.41) is 12.8. The van der Waals surface area contributed by atoms with Crippen molar-refractivity contribution in [1.29, 1.82) is 0 Å². The van der Waals surface area contributed by atoms with E-state index in [0.29, 0.717) is 12.2 Å². The molecule has 2 heterocycles. The van der Waals surface area contributed by atoms with Gasteiger partial charge in [-0.05, 0) is 47.2 Å². The molecular weight excluding hydrogens is 322 g/mol. The fourth-order valence-electron chi connectivity index (χ4n) is 3.08. The molecule has 0 spiro atoms. The third-order valence-electron chi connectivity index (χ3n) is 4.45. The summed E-state index contributed by atoms with van der Waals surface area (Å²) in [7, 11) is 3.98. The molecule has 5 nitrogen and oxygen atoms in total. The van der Waals surface area contributed by atoms with Crippen LogP contribution in [0.3, 0.4) is 0 Å². The van der Waals surface area contributed by atoms with E-state index in [-0.39, 0.29) is 17.9 Å². The van der Waals surface area contributed by atoms with Crippen molar-refractivity contribution in [2.24, 2.45) is 5.41 Å². The number of aliphatic hydroxyl groups excluding tert-OH is 1. The van der Waals surface area contributed by atoms with Gasteiger partial charge in [0.2, 0.25) is 0 Å². The largest absolute Gasteiger partial charge is 0.396 e. The van der Waals surface area contributed by atoms with Crippen LogP contribution in [0.25, 0.3) is 0 Å². The maximum atomic E-state index is 12.8. The van der Waals surface area contributed by atoms with Gasteiger partial charge in [-0.3, -0.25) is 4.79 Å². The highest BCUT2D eigenvalue weighted by atomic mass is 32.1. The predicted octanol–water partition coefficient (Wildman–Crippen LogP) is 2.78. The SMILES string of the molecule is CC(C)=CCC1(CO)CCCN(C(=O)c2csc(CN(C)C)n2)C1. The van der Waals surface area contributed by atoms with E-state index in [1.54, 1.807) is 0 Å². The smallest absolute Gasteiger partial charge is 0.273 e. The summed E-state index contributed by atoms with van der Waals surface area (Å²) in [5.41, 5.74) is 1.57. The number of hydrogen-bond donors (Lipinski definition) is 1. The van der Waals surface area contributed by atoms with Gasteiger partial charge in [0.05, 0.1) is 6.61 Å². The van der Waals surface area contributed by atoms with Crippen LogP contribution in [-0.4, -0.2) is 59.6 Å². The average molecular weight is 352 g/mol. The van der Waals surface area contributed by atoms with Gasteiger partial charge in [-0.15, -0.1) is 11.3 Å². The molecule has 24 heavy (non-hydrogen) atoms. The number of thiazole rings is 1. The third kappa shape index (κ3) is 4.88. The zero-order valence-corrected chi connectivity index (χ0v) is 16.0. The summed E-state index contributed by atoms with van der Waals surface area (Å²) in [5.74, 6) is -0.00835. The van der Waals surface area contributed by atoms with Crippen LogP contribution in [0.2, 0.25) is 0 Å². The van der Waals surface area contributed by atoms with Crippen molar-refractivity contribution in [3.8, 4) is 0 Å². The fourth-order valence-corrected chi connectivity index (χ4v) is 3.96. The maximum Gasteiger partial charge on any atom is 0.273 e. The average Bonchev–Trinajstić information content (AvgIpc) is 3.00. The number of piperidine rings is 1. The Morgan fingerprint density at radius 1 is 1.50 bits per heavy atom. The number of carbonyl (C=O) groups excluding carboxylic acids is 1. The van der Waals surface area contributed by atoms with Crippen molar-refractivity contribution in [2.45, 2.75) is 39.7 Å². The Kier molecular flexibility index (Phi) is 6.54. The fraction of sp³-hybridized carbons (Fsp3) is 0.667. The third-order valence-corrected chi connectivity index (χ3v) is 5.28. The molecule has 0 bridgehead atoms. The van der Waals surface area contributed by atoms with Crippen molar-refractivity contribution in [1.82, 2.24) is 14.8 Å². The normalized spacial score (nSPS) is 21.2. The van der Waals surface area contributed by atoms with Crippen molar-refractivity contribution in [2.75, 3.05) is 33.8 Å². The van der Waals surface area contributed by atoms with Gasteiger partial charge in [0.15, 0.2) is 0 Å². The number of carbonyl (C=O) groups is 1. The van der Waals surface area contributed by atoms with Gasteiger partial charge >= 0.3 is 0 Å². The van der Waals surface area contributed by atoms with Gasteiger partial charge in [-0.2, -0.15) is 0 Å². The Hall–Kier alpha value is -1.24. The predicted molar refractivity (Wildman–Crippen MR) is 98.2 cm³/mol. The second kappa shape index (κ2) is 8.23. The van der Waals surface area contributed by atoms with E-state index >= 15 is 0 Å². The minimum Gasteiger partial charge on any atom is -0.396 e. The maximum absolute atomic E-state index is 12.8. The quantitative estimate of drug-likeness (QED) is 0.801. The van der Waals surface area contributed by atoms with Crippen LogP contribution in [0.1, 0.15) is 48.6 Å². The lowest BCUT2D eigenvalue weighted by molar-refractivity contribution is 0.0281. The van der Waals surface area contributed by atoms with Gasteiger partial charge in [-0.25, -0.2) is 4.98 Å². The van der Waals surface area contributed by atoms with Crippen LogP contribution in [0.5, 0.6) is 0 Å². The number of aromatic nitrogens is 1. The van der Waals surface area contributed by atoms with Gasteiger partial charge in [0.1, 0.15) is 10.7 Å². The molecule has 0 aromatic carbocycles. The van der Waals surface area contributed by atoms with E-state index < -0.39 is 0 Å². The first-order valence-electron chi connectivity index (χ1n) is 8.48. The highest BCUT2D eigenvalue weighted by Gasteiger charge is 2.36. The minimum absolute atomic E-state index is 0.00835. The first-order chi connectivity index (χ1) is 11.3. The Morgan fingerprint density at radius 2 is 2.25 bits per heavy atom. The molecule has 1 unspecified atom stereocenters. The monoisotopic (exact) mass is 351 g/mol. The molecule has 1 amide bonds. The zero-order chi connectivity index (χ0) is 17.7. The Morgan fingerprint density at radius 3 is 2.88 bits per heavy atom. The second-order valence-electron chi connectivity index (χ2n) is 7.34. The minimum atomic E-state index is -0.215. The molecule has 1 atom stereocenters. The van der Waals surface area contributed by atoms with Crippen molar-refractivity contribution in [3.63, 3.8) is 0 Å². The molecule has 1 N–H and O–H groups in total. The second-order valence-corrected chi connectivity index (χ2v) is 8.28. The topological polar surface area (TPSA) is 56.7 Å². The molecular formula is C18H29N3O2S. The van der Waals surface area contributed by atoms with Crippen molar-refractivity contribution in [3.05, 3.63) is 27.7 Å². The van der Waals surface area contributed by atoms with E-state index in [9.17, 15) is 9.90 Å². The number of aliphatic hydroxyl groups is 1. The number of nitrogens with zero attached hydrogens (tertiary/aromatic N) is 3. The highest BCUT2D eigenvalue weighted by Crippen LogP contribution is 2.34. The Bertz CT molecular complexity index is 593. The van der Waals surface area contributed by atoms with Gasteiger partial charge in [0.25, 0.3) is 5.91 Å². The number of likely N-dealkylation sites (tertiary alicyclic amines) is 1. The van der Waals surface area contributed by atoms with E-state index in [1.807, 2.05) is 29.3 Å². The lowest BCUT2D eigenvalue weighted by atomic mass is 9.77. The molecule has 0 saturated carbocycles. The van der Waals surface area contributed by atoms with E-state index in [0.717, 1.165) is 37.4 Å². The number of hydrogen-bond acceptors (Lipinski definition) is 5. The molecule has 6 heteroatoms. The molecule has 1 saturated heterocycles. The first kappa shape index (κ1) is 19.1. The van der Waals surface area contributed by atoms with E-state index in [1.165, 1.54) is 16.9 Å². The van der Waals surface area contributed by atoms with Crippen LogP contribution in [0.4, 0.5) is 0 Å². The summed E-state index contributed by atoms with van der Waals surface area (Å²) < 4.78 is 0. The Balaban J connectivity index is 2.08. The van der Waals surface area contributed by atoms with Gasteiger partial charge in [0, 0.05) is 30.4 Å². The summed E-state index contributed by atoms with van der Waals surface area (Å²) in [6, 6.07) is 0.